The summed E-state index contributed by atoms with van der Waals surface area (Å²) in [5.74, 6) is 0. The Hall–Kier alpha value is -0.0400. The molecule has 7 nitrogen and oxygen atoms in total. The molecule has 0 saturated carbocycles. The van der Waals surface area contributed by atoms with Crippen LogP contribution in [0.15, 0.2) is 28.7 Å². The van der Waals surface area contributed by atoms with Crippen molar-refractivity contribution in [3.8, 4) is 0 Å². The van der Waals surface area contributed by atoms with Crippen LogP contribution in [0.2, 0.25) is 0 Å². The molecule has 0 bridgehead atoms. The first-order valence-corrected chi connectivity index (χ1v) is 9.18. The average molecular weight is 389 g/mol. The lowest BCUT2D eigenvalue weighted by Crippen LogP contribution is -2.28. The molecule has 2 unspecified atom stereocenters. The van der Waals surface area contributed by atoms with Gasteiger partial charge in [-0.25, -0.2) is 0 Å². The molecule has 0 radical (unpaired) electrons. The summed E-state index contributed by atoms with van der Waals surface area (Å²) in [6, 6.07) is 5.64. The molecule has 0 amide bonds. The topological polar surface area (TPSA) is 102 Å². The van der Waals surface area contributed by atoms with Crippen molar-refractivity contribution in [2.45, 2.75) is 5.08 Å². The minimum absolute atomic E-state index is 0.125. The molecule has 2 N–H and O–H groups in total. The SMILES string of the molecule is COP(=O)(O)C(O)(c1ccc(Br)cc1)P(=O)(OC)OC. The first-order valence-electron chi connectivity index (χ1n) is 5.27. The molecule has 0 aliphatic carbocycles. The molecule has 1 aromatic carbocycles. The van der Waals surface area contributed by atoms with Gasteiger partial charge >= 0.3 is 15.2 Å². The monoisotopic (exact) mass is 388 g/mol. The van der Waals surface area contributed by atoms with Crippen LogP contribution in [0, 0.1) is 0 Å². The molecule has 1 rings (SSSR count). The van der Waals surface area contributed by atoms with Crippen LogP contribution in [0.25, 0.3) is 0 Å². The summed E-state index contributed by atoms with van der Waals surface area (Å²) in [5, 5.41) is 7.82. The minimum atomic E-state index is -4.76. The van der Waals surface area contributed by atoms with Crippen molar-refractivity contribution in [3.05, 3.63) is 34.3 Å². The quantitative estimate of drug-likeness (QED) is 0.722. The third kappa shape index (κ3) is 2.80. The molecule has 0 aliphatic heterocycles. The van der Waals surface area contributed by atoms with E-state index in [0.717, 1.165) is 21.3 Å². The van der Waals surface area contributed by atoms with E-state index in [0.29, 0.717) is 4.47 Å². The normalized spacial score (nSPS) is 18.3. The summed E-state index contributed by atoms with van der Waals surface area (Å²) < 4.78 is 39.2. The molecule has 0 fully saturated rings. The Bertz CT molecular complexity index is 553. The second-order valence-electron chi connectivity index (χ2n) is 3.71. The van der Waals surface area contributed by atoms with E-state index >= 15 is 0 Å². The summed E-state index contributed by atoms with van der Waals surface area (Å²) in [5.41, 5.74) is -0.125. The van der Waals surface area contributed by atoms with Crippen molar-refractivity contribution < 1.29 is 32.7 Å². The lowest BCUT2D eigenvalue weighted by atomic mass is 10.2. The van der Waals surface area contributed by atoms with Gasteiger partial charge in [0, 0.05) is 31.4 Å². The fraction of sp³-hybridized carbons (Fsp3) is 0.400. The van der Waals surface area contributed by atoms with Crippen LogP contribution < -0.4 is 0 Å². The van der Waals surface area contributed by atoms with Crippen molar-refractivity contribution in [1.82, 2.24) is 0 Å². The van der Waals surface area contributed by atoms with E-state index in [1.54, 1.807) is 0 Å². The van der Waals surface area contributed by atoms with Crippen LogP contribution in [0.3, 0.4) is 0 Å². The van der Waals surface area contributed by atoms with Gasteiger partial charge in [-0.3, -0.25) is 9.13 Å². The van der Waals surface area contributed by atoms with Gasteiger partial charge in [-0.15, -0.1) is 0 Å². The maximum absolute atomic E-state index is 12.5. The van der Waals surface area contributed by atoms with Crippen molar-refractivity contribution in [3.63, 3.8) is 0 Å². The predicted molar refractivity (Wildman–Crippen MR) is 76.5 cm³/mol. The molecule has 1 aromatic rings. The number of aliphatic hydroxyl groups is 1. The Balaban J connectivity index is 3.63. The van der Waals surface area contributed by atoms with E-state index < -0.39 is 20.3 Å². The highest BCUT2D eigenvalue weighted by atomic mass is 79.9. The van der Waals surface area contributed by atoms with Gasteiger partial charge < -0.3 is 23.6 Å². The van der Waals surface area contributed by atoms with Gasteiger partial charge in [0.05, 0.1) is 0 Å². The molecule has 114 valence electrons. The van der Waals surface area contributed by atoms with Gasteiger partial charge in [-0.05, 0) is 12.1 Å². The Morgan fingerprint density at radius 2 is 1.50 bits per heavy atom. The van der Waals surface area contributed by atoms with Crippen LogP contribution in [0.1, 0.15) is 5.56 Å². The second kappa shape index (κ2) is 6.38. The van der Waals surface area contributed by atoms with Crippen LogP contribution in [0.5, 0.6) is 0 Å². The summed E-state index contributed by atoms with van der Waals surface area (Å²) in [6.07, 6.45) is 0. The van der Waals surface area contributed by atoms with E-state index in [9.17, 15) is 19.1 Å². The van der Waals surface area contributed by atoms with Crippen molar-refractivity contribution >= 4 is 31.1 Å². The zero-order chi connectivity index (χ0) is 15.6. The largest absolute Gasteiger partial charge is 0.378 e. The fourth-order valence-electron chi connectivity index (χ4n) is 1.61. The summed E-state index contributed by atoms with van der Waals surface area (Å²) >= 11 is 3.19. The second-order valence-corrected chi connectivity index (χ2v) is 9.40. The molecule has 0 aliphatic rings. The van der Waals surface area contributed by atoms with Crippen molar-refractivity contribution in [2.24, 2.45) is 0 Å². The van der Waals surface area contributed by atoms with Gasteiger partial charge in [-0.2, -0.15) is 0 Å². The number of halogens is 1. The van der Waals surface area contributed by atoms with Gasteiger partial charge in [0.2, 0.25) is 0 Å². The molecular formula is C10H15BrO7P2. The highest BCUT2D eigenvalue weighted by Crippen LogP contribution is 2.78. The molecule has 2 atom stereocenters. The molecule has 20 heavy (non-hydrogen) atoms. The third-order valence-electron chi connectivity index (χ3n) is 2.74. The lowest BCUT2D eigenvalue weighted by Gasteiger charge is -2.35. The molecule has 0 saturated heterocycles. The maximum atomic E-state index is 12.5. The van der Waals surface area contributed by atoms with Gasteiger partial charge in [0.15, 0.2) is 0 Å². The molecule has 0 heterocycles. The van der Waals surface area contributed by atoms with Gasteiger partial charge in [0.1, 0.15) is 0 Å². The third-order valence-corrected chi connectivity index (χ3v) is 8.28. The number of hydrogen-bond acceptors (Lipinski definition) is 6. The Morgan fingerprint density at radius 1 is 1.05 bits per heavy atom. The fourth-order valence-corrected chi connectivity index (χ4v) is 5.70. The van der Waals surface area contributed by atoms with E-state index in [-0.39, 0.29) is 5.56 Å². The van der Waals surface area contributed by atoms with E-state index in [2.05, 4.69) is 29.5 Å². The predicted octanol–water partition coefficient (Wildman–Crippen LogP) is 2.87. The Morgan fingerprint density at radius 3 is 1.85 bits per heavy atom. The van der Waals surface area contributed by atoms with Gasteiger partial charge in [0.25, 0.3) is 5.08 Å². The standard InChI is InChI=1S/C10H15BrO7P2/c1-16-19(13,14)10(12,20(15,17-2)18-3)8-4-6-9(11)7-5-8/h4-7,12H,1-3H3,(H,13,14). The number of rotatable bonds is 6. The van der Waals surface area contributed by atoms with E-state index in [4.69, 9.17) is 0 Å². The van der Waals surface area contributed by atoms with Crippen molar-refractivity contribution in [2.75, 3.05) is 21.3 Å². The summed E-state index contributed by atoms with van der Waals surface area (Å²) in [6.45, 7) is 0. The maximum Gasteiger partial charge on any atom is 0.378 e. The average Bonchev–Trinajstić information content (AvgIpc) is 2.46. The Labute approximate surface area is 125 Å². The first kappa shape index (κ1) is 18.0. The molecule has 0 spiro atoms. The summed E-state index contributed by atoms with van der Waals surface area (Å²) in [4.78, 5) is 9.90. The summed E-state index contributed by atoms with van der Waals surface area (Å²) in [7, 11) is -6.21. The van der Waals surface area contributed by atoms with Crippen molar-refractivity contribution in [1.29, 1.82) is 0 Å². The van der Waals surface area contributed by atoms with Gasteiger partial charge in [-0.1, -0.05) is 28.1 Å². The lowest BCUT2D eigenvalue weighted by molar-refractivity contribution is 0.109. The highest BCUT2D eigenvalue weighted by molar-refractivity contribution is 9.10. The van der Waals surface area contributed by atoms with Crippen LogP contribution in [-0.4, -0.2) is 31.3 Å². The molecule has 0 aromatic heterocycles. The van der Waals surface area contributed by atoms with E-state index in [1.165, 1.54) is 24.3 Å². The number of benzene rings is 1. The minimum Gasteiger partial charge on any atom is -0.364 e. The molecular weight excluding hydrogens is 374 g/mol. The Kier molecular flexibility index (Phi) is 5.75. The zero-order valence-corrected chi connectivity index (χ0v) is 14.4. The zero-order valence-electron chi connectivity index (χ0n) is 11.0. The van der Waals surface area contributed by atoms with Crippen LogP contribution >= 0.6 is 31.1 Å². The first-order chi connectivity index (χ1) is 9.18. The van der Waals surface area contributed by atoms with Crippen LogP contribution in [-0.2, 0) is 27.8 Å². The number of hydrogen-bond donors (Lipinski definition) is 2. The van der Waals surface area contributed by atoms with E-state index in [1.807, 2.05) is 0 Å². The highest BCUT2D eigenvalue weighted by Gasteiger charge is 2.64. The molecule has 10 heteroatoms. The van der Waals surface area contributed by atoms with Crippen LogP contribution in [0.4, 0.5) is 0 Å². The smallest absolute Gasteiger partial charge is 0.364 e.